The van der Waals surface area contributed by atoms with Crippen LogP contribution in [0.25, 0.3) is 5.82 Å². The third-order valence-corrected chi connectivity index (χ3v) is 3.90. The van der Waals surface area contributed by atoms with E-state index in [2.05, 4.69) is 25.7 Å². The lowest BCUT2D eigenvalue weighted by Gasteiger charge is -2.09. The molecule has 0 radical (unpaired) electrons. The van der Waals surface area contributed by atoms with Crippen LogP contribution < -0.4 is 10.6 Å². The zero-order valence-corrected chi connectivity index (χ0v) is 15.6. The van der Waals surface area contributed by atoms with Crippen molar-refractivity contribution in [2.24, 2.45) is 0 Å². The number of halogens is 1. The van der Waals surface area contributed by atoms with Crippen molar-refractivity contribution >= 4 is 17.4 Å². The van der Waals surface area contributed by atoms with Gasteiger partial charge in [0.15, 0.2) is 17.4 Å². The fourth-order valence-corrected chi connectivity index (χ4v) is 2.72. The average Bonchev–Trinajstić information content (AvgIpc) is 3.12. The Morgan fingerprint density at radius 2 is 1.96 bits per heavy atom. The van der Waals surface area contributed by atoms with Crippen LogP contribution in [0.2, 0.25) is 0 Å². The molecule has 1 aromatic carbocycles. The molecule has 146 valence electrons. The standard InChI is InChI=1S/C19H21FN6O2/c1-12-5-13(2)7-15(6-12)24-19-22-9-16(20)18(25-19)26-11-14(8-23-26)17(28)10-21-3-4-27/h5-9,11,21,27H,3-4,10H2,1-2H3,(H,22,24,25). The number of rotatable bonds is 8. The predicted octanol–water partition coefficient (Wildman–Crippen LogP) is 1.93. The van der Waals surface area contributed by atoms with E-state index in [9.17, 15) is 9.18 Å². The summed E-state index contributed by atoms with van der Waals surface area (Å²) in [6.45, 7) is 4.26. The van der Waals surface area contributed by atoms with E-state index in [0.29, 0.717) is 12.1 Å². The molecule has 2 aromatic heterocycles. The average molecular weight is 384 g/mol. The van der Waals surface area contributed by atoms with E-state index < -0.39 is 5.82 Å². The van der Waals surface area contributed by atoms with E-state index in [1.54, 1.807) is 0 Å². The van der Waals surface area contributed by atoms with E-state index in [-0.39, 0.29) is 30.7 Å². The highest BCUT2D eigenvalue weighted by molar-refractivity contribution is 5.97. The molecule has 2 heterocycles. The molecule has 0 saturated carbocycles. The van der Waals surface area contributed by atoms with Gasteiger partial charge in [-0.05, 0) is 37.1 Å². The van der Waals surface area contributed by atoms with Gasteiger partial charge in [0, 0.05) is 18.4 Å². The van der Waals surface area contributed by atoms with Gasteiger partial charge in [0.25, 0.3) is 0 Å². The van der Waals surface area contributed by atoms with Crippen LogP contribution in [0, 0.1) is 19.7 Å². The van der Waals surface area contributed by atoms with Crippen molar-refractivity contribution in [2.75, 3.05) is 25.0 Å². The molecule has 3 aromatic rings. The highest BCUT2D eigenvalue weighted by Crippen LogP contribution is 2.19. The quantitative estimate of drug-likeness (QED) is 0.403. The van der Waals surface area contributed by atoms with Crippen LogP contribution in [0.4, 0.5) is 16.0 Å². The van der Waals surface area contributed by atoms with E-state index in [1.165, 1.54) is 17.1 Å². The molecule has 0 aliphatic carbocycles. The van der Waals surface area contributed by atoms with Crippen molar-refractivity contribution in [3.8, 4) is 5.82 Å². The second-order valence-electron chi connectivity index (χ2n) is 6.36. The predicted molar refractivity (Wildman–Crippen MR) is 103 cm³/mol. The molecule has 0 amide bonds. The maximum absolute atomic E-state index is 14.2. The van der Waals surface area contributed by atoms with Gasteiger partial charge in [0.05, 0.1) is 31.1 Å². The molecule has 0 spiro atoms. The van der Waals surface area contributed by atoms with Crippen LogP contribution in [0.5, 0.6) is 0 Å². The minimum atomic E-state index is -0.661. The van der Waals surface area contributed by atoms with E-state index in [1.807, 2.05) is 32.0 Å². The van der Waals surface area contributed by atoms with Crippen LogP contribution >= 0.6 is 0 Å². The molecule has 0 fully saturated rings. The molecule has 3 N–H and O–H groups in total. The van der Waals surface area contributed by atoms with Gasteiger partial charge in [-0.2, -0.15) is 10.1 Å². The molecule has 0 aliphatic rings. The fourth-order valence-electron chi connectivity index (χ4n) is 2.72. The molecule has 0 aliphatic heterocycles. The summed E-state index contributed by atoms with van der Waals surface area (Å²) in [7, 11) is 0. The summed E-state index contributed by atoms with van der Waals surface area (Å²) in [6, 6.07) is 5.91. The molecule has 9 heteroatoms. The summed E-state index contributed by atoms with van der Waals surface area (Å²) >= 11 is 0. The van der Waals surface area contributed by atoms with Gasteiger partial charge >= 0.3 is 0 Å². The Kier molecular flexibility index (Phi) is 6.07. The Labute approximate surface area is 161 Å². The van der Waals surface area contributed by atoms with Crippen molar-refractivity contribution in [2.45, 2.75) is 13.8 Å². The SMILES string of the molecule is Cc1cc(C)cc(Nc2ncc(F)c(-n3cc(C(=O)CNCCO)cn3)n2)c1. The second-order valence-corrected chi connectivity index (χ2v) is 6.36. The highest BCUT2D eigenvalue weighted by atomic mass is 19.1. The first-order chi connectivity index (χ1) is 13.5. The molecule has 0 bridgehead atoms. The van der Waals surface area contributed by atoms with E-state index in [4.69, 9.17) is 5.11 Å². The summed E-state index contributed by atoms with van der Waals surface area (Å²) in [5.41, 5.74) is 3.26. The zero-order valence-electron chi connectivity index (χ0n) is 15.6. The Balaban J connectivity index is 1.81. The van der Waals surface area contributed by atoms with Crippen LogP contribution in [-0.2, 0) is 0 Å². The number of nitrogens with one attached hydrogen (secondary N) is 2. The fraction of sp³-hybridized carbons (Fsp3) is 0.263. The van der Waals surface area contributed by atoms with Crippen molar-refractivity contribution in [1.29, 1.82) is 0 Å². The van der Waals surface area contributed by atoms with Crippen molar-refractivity contribution in [3.63, 3.8) is 0 Å². The number of Topliss-reactive ketones (excluding diaryl/α,β-unsaturated/α-hetero) is 1. The van der Waals surface area contributed by atoms with Gasteiger partial charge in [0.2, 0.25) is 5.95 Å². The maximum Gasteiger partial charge on any atom is 0.229 e. The first-order valence-electron chi connectivity index (χ1n) is 8.74. The first-order valence-corrected chi connectivity index (χ1v) is 8.74. The Bertz CT molecular complexity index is 968. The molecule has 28 heavy (non-hydrogen) atoms. The van der Waals surface area contributed by atoms with Gasteiger partial charge in [0.1, 0.15) is 0 Å². The zero-order chi connectivity index (χ0) is 20.1. The number of nitrogens with zero attached hydrogens (tertiary/aromatic N) is 4. The van der Waals surface area contributed by atoms with Crippen LogP contribution in [-0.4, -0.2) is 50.3 Å². The minimum absolute atomic E-state index is 0.0536. The molecule has 0 saturated heterocycles. The lowest BCUT2D eigenvalue weighted by molar-refractivity contribution is 0.0989. The molecular formula is C19H21FN6O2. The number of benzene rings is 1. The van der Waals surface area contributed by atoms with E-state index >= 15 is 0 Å². The number of carbonyl (C=O) groups is 1. The summed E-state index contributed by atoms with van der Waals surface area (Å²) in [5.74, 6) is -0.729. The number of carbonyl (C=O) groups excluding carboxylic acids is 1. The van der Waals surface area contributed by atoms with Crippen LogP contribution in [0.1, 0.15) is 21.5 Å². The van der Waals surface area contributed by atoms with E-state index in [0.717, 1.165) is 23.0 Å². The van der Waals surface area contributed by atoms with Gasteiger partial charge < -0.3 is 15.7 Å². The number of anilines is 2. The van der Waals surface area contributed by atoms with Gasteiger partial charge in [-0.25, -0.2) is 14.1 Å². The van der Waals surface area contributed by atoms with Crippen molar-refractivity contribution in [1.82, 2.24) is 25.1 Å². The number of ketones is 1. The third kappa shape index (κ3) is 4.76. The van der Waals surface area contributed by atoms with Crippen molar-refractivity contribution < 1.29 is 14.3 Å². The maximum atomic E-state index is 14.2. The van der Waals surface area contributed by atoms with Gasteiger partial charge in [-0.15, -0.1) is 0 Å². The smallest absolute Gasteiger partial charge is 0.229 e. The molecule has 8 nitrogen and oxygen atoms in total. The van der Waals surface area contributed by atoms with Crippen molar-refractivity contribution in [3.05, 3.63) is 59.3 Å². The Morgan fingerprint density at radius 3 is 2.68 bits per heavy atom. The lowest BCUT2D eigenvalue weighted by Crippen LogP contribution is -2.25. The van der Waals surface area contributed by atoms with Gasteiger partial charge in [-0.1, -0.05) is 6.07 Å². The number of aliphatic hydroxyl groups is 1. The summed E-state index contributed by atoms with van der Waals surface area (Å²) in [5, 5.41) is 18.6. The molecule has 0 atom stereocenters. The lowest BCUT2D eigenvalue weighted by atomic mass is 10.1. The van der Waals surface area contributed by atoms with Gasteiger partial charge in [-0.3, -0.25) is 4.79 Å². The Hall–Kier alpha value is -3.17. The number of aromatic nitrogens is 4. The molecule has 0 unspecified atom stereocenters. The monoisotopic (exact) mass is 384 g/mol. The number of aryl methyl sites for hydroxylation is 2. The number of hydrogen-bond acceptors (Lipinski definition) is 7. The second kappa shape index (κ2) is 8.68. The Morgan fingerprint density at radius 1 is 1.21 bits per heavy atom. The number of hydrogen-bond donors (Lipinski definition) is 3. The summed E-state index contributed by atoms with van der Waals surface area (Å²) < 4.78 is 15.4. The topological polar surface area (TPSA) is 105 Å². The normalized spacial score (nSPS) is 10.9. The first kappa shape index (κ1) is 19.6. The largest absolute Gasteiger partial charge is 0.395 e. The third-order valence-electron chi connectivity index (χ3n) is 3.90. The highest BCUT2D eigenvalue weighted by Gasteiger charge is 2.14. The summed E-state index contributed by atoms with van der Waals surface area (Å²) in [4.78, 5) is 20.2. The van der Waals surface area contributed by atoms with Crippen LogP contribution in [0.15, 0.2) is 36.8 Å². The number of aliphatic hydroxyl groups excluding tert-OH is 1. The van der Waals surface area contributed by atoms with Crippen LogP contribution in [0.3, 0.4) is 0 Å². The summed E-state index contributed by atoms with van der Waals surface area (Å²) in [6.07, 6.45) is 3.82. The molecular weight excluding hydrogens is 363 g/mol. The molecule has 3 rings (SSSR count). The minimum Gasteiger partial charge on any atom is -0.395 e.